The van der Waals surface area contributed by atoms with Gasteiger partial charge in [-0.3, -0.25) is 0 Å². The van der Waals surface area contributed by atoms with E-state index in [-0.39, 0.29) is 17.4 Å². The van der Waals surface area contributed by atoms with Crippen molar-refractivity contribution in [2.45, 2.75) is 76.4 Å². The quantitative estimate of drug-likeness (QED) is 0.628. The van der Waals surface area contributed by atoms with E-state index in [4.69, 9.17) is 10.1 Å². The molecule has 1 atom stereocenters. The smallest absolute Gasteiger partial charge is 0.185 e. The Morgan fingerprint density at radius 1 is 1.13 bits per heavy atom. The third-order valence-corrected chi connectivity index (χ3v) is 8.16. The molecule has 0 bridgehead atoms. The topological polar surface area (TPSA) is 68.6 Å². The lowest BCUT2D eigenvalue weighted by atomic mass is 9.63. The number of nitrogens with one attached hydrogen (secondary N) is 1. The van der Waals surface area contributed by atoms with E-state index in [0.29, 0.717) is 12.6 Å². The molecule has 1 aromatic carbocycles. The average molecular weight is 444 g/mol. The molecular formula is C25H37N3O2S. The number of nitrogens with zero attached hydrogens (tertiary/aromatic N) is 2. The summed E-state index contributed by atoms with van der Waals surface area (Å²) in [4.78, 5) is 7.38. The van der Waals surface area contributed by atoms with Gasteiger partial charge in [-0.15, -0.1) is 11.3 Å². The summed E-state index contributed by atoms with van der Waals surface area (Å²) in [5.74, 6) is 0. The van der Waals surface area contributed by atoms with Crippen LogP contribution < -0.4 is 10.2 Å². The van der Waals surface area contributed by atoms with Gasteiger partial charge in [0.1, 0.15) is 0 Å². The normalized spacial score (nSPS) is 21.7. The third kappa shape index (κ3) is 4.82. The molecule has 1 unspecified atom stereocenters. The lowest BCUT2D eigenvalue weighted by Gasteiger charge is -2.42. The van der Waals surface area contributed by atoms with E-state index in [2.05, 4.69) is 61.5 Å². The SMILES string of the molecule is CC1(C)CCC(C)(C)c2cc(-c3csc(N4CCC(NCC(O)CO)CC4)n3)ccc21. The van der Waals surface area contributed by atoms with Gasteiger partial charge in [-0.2, -0.15) is 0 Å². The number of aromatic nitrogens is 1. The van der Waals surface area contributed by atoms with Gasteiger partial charge in [0.25, 0.3) is 0 Å². The largest absolute Gasteiger partial charge is 0.394 e. The first kappa shape index (κ1) is 22.7. The minimum absolute atomic E-state index is 0.189. The van der Waals surface area contributed by atoms with Crippen molar-refractivity contribution in [1.29, 1.82) is 0 Å². The van der Waals surface area contributed by atoms with Crippen molar-refractivity contribution in [2.24, 2.45) is 0 Å². The predicted octanol–water partition coefficient (Wildman–Crippen LogP) is 4.07. The van der Waals surface area contributed by atoms with Crippen molar-refractivity contribution in [2.75, 3.05) is 31.1 Å². The summed E-state index contributed by atoms with van der Waals surface area (Å²) < 4.78 is 0. The average Bonchev–Trinajstić information content (AvgIpc) is 3.26. The van der Waals surface area contributed by atoms with Crippen molar-refractivity contribution in [3.63, 3.8) is 0 Å². The lowest BCUT2D eigenvalue weighted by molar-refractivity contribution is 0.0909. The van der Waals surface area contributed by atoms with Crippen LogP contribution in [0.1, 0.15) is 64.5 Å². The van der Waals surface area contributed by atoms with Gasteiger partial charge < -0.3 is 20.4 Å². The van der Waals surface area contributed by atoms with Gasteiger partial charge in [-0.1, -0.05) is 39.8 Å². The van der Waals surface area contributed by atoms with Crippen molar-refractivity contribution in [3.05, 3.63) is 34.7 Å². The maximum Gasteiger partial charge on any atom is 0.185 e. The molecule has 5 nitrogen and oxygen atoms in total. The number of rotatable bonds is 6. The highest BCUT2D eigenvalue weighted by Crippen LogP contribution is 2.46. The Hall–Kier alpha value is -1.47. The Morgan fingerprint density at radius 2 is 1.81 bits per heavy atom. The molecular weight excluding hydrogens is 406 g/mol. The summed E-state index contributed by atoms with van der Waals surface area (Å²) in [7, 11) is 0. The predicted molar refractivity (Wildman–Crippen MR) is 129 cm³/mol. The monoisotopic (exact) mass is 443 g/mol. The fraction of sp³-hybridized carbons (Fsp3) is 0.640. The summed E-state index contributed by atoms with van der Waals surface area (Å²) in [6, 6.07) is 7.37. The number of benzene rings is 1. The van der Waals surface area contributed by atoms with Gasteiger partial charge >= 0.3 is 0 Å². The maximum absolute atomic E-state index is 9.53. The van der Waals surface area contributed by atoms with Crippen LogP contribution in [-0.2, 0) is 10.8 Å². The van der Waals surface area contributed by atoms with E-state index in [1.54, 1.807) is 11.3 Å². The number of hydrogen-bond donors (Lipinski definition) is 3. The molecule has 3 N–H and O–H groups in total. The van der Waals surface area contributed by atoms with Gasteiger partial charge in [0.05, 0.1) is 18.4 Å². The zero-order valence-electron chi connectivity index (χ0n) is 19.3. The number of hydrogen-bond acceptors (Lipinski definition) is 6. The number of piperidine rings is 1. The fourth-order valence-corrected chi connectivity index (χ4v) is 5.82. The Bertz CT molecular complexity index is 900. The Labute approximate surface area is 190 Å². The number of fused-ring (bicyclic) bond motifs is 1. The second kappa shape index (κ2) is 8.81. The zero-order chi connectivity index (χ0) is 22.2. The second-order valence-electron chi connectivity index (χ2n) is 10.5. The highest BCUT2D eigenvalue weighted by Gasteiger charge is 2.37. The summed E-state index contributed by atoms with van der Waals surface area (Å²) >= 11 is 1.73. The number of aliphatic hydroxyl groups excluding tert-OH is 2. The fourth-order valence-electron chi connectivity index (χ4n) is 4.93. The molecule has 1 aromatic heterocycles. The summed E-state index contributed by atoms with van der Waals surface area (Å²) in [6.07, 6.45) is 3.82. The maximum atomic E-state index is 9.53. The molecule has 2 aliphatic rings. The summed E-state index contributed by atoms with van der Waals surface area (Å²) in [5, 5.41) is 25.2. The molecule has 2 heterocycles. The van der Waals surface area contributed by atoms with Crippen molar-refractivity contribution in [1.82, 2.24) is 10.3 Å². The molecule has 0 radical (unpaired) electrons. The van der Waals surface area contributed by atoms with Crippen LogP contribution in [0.5, 0.6) is 0 Å². The van der Waals surface area contributed by atoms with E-state index >= 15 is 0 Å². The van der Waals surface area contributed by atoms with E-state index in [1.165, 1.54) is 29.5 Å². The van der Waals surface area contributed by atoms with Crippen molar-refractivity contribution in [3.8, 4) is 11.3 Å². The van der Waals surface area contributed by atoms with E-state index in [1.807, 2.05) is 0 Å². The zero-order valence-corrected chi connectivity index (χ0v) is 20.1. The molecule has 1 aliphatic carbocycles. The van der Waals surface area contributed by atoms with Crippen LogP contribution in [0.3, 0.4) is 0 Å². The Morgan fingerprint density at radius 3 is 2.48 bits per heavy atom. The summed E-state index contributed by atoms with van der Waals surface area (Å²) in [6.45, 7) is 11.7. The van der Waals surface area contributed by atoms with Crippen LogP contribution in [0.4, 0.5) is 5.13 Å². The van der Waals surface area contributed by atoms with Gasteiger partial charge in [-0.25, -0.2) is 4.98 Å². The van der Waals surface area contributed by atoms with Gasteiger partial charge in [0.15, 0.2) is 5.13 Å². The first-order chi connectivity index (χ1) is 14.7. The summed E-state index contributed by atoms with van der Waals surface area (Å²) in [5.41, 5.74) is 5.71. The molecule has 1 aliphatic heterocycles. The molecule has 2 aromatic rings. The Kier molecular flexibility index (Phi) is 6.46. The molecule has 4 rings (SSSR count). The standard InChI is InChI=1S/C25H37N3O2S/c1-24(2)9-10-25(3,4)21-13-17(5-6-20(21)24)22-16-31-23(27-22)28-11-7-18(8-12-28)26-14-19(30)15-29/h5-6,13,16,18-19,26,29-30H,7-12,14-15H2,1-4H3. The number of anilines is 1. The highest BCUT2D eigenvalue weighted by molar-refractivity contribution is 7.14. The molecule has 1 fully saturated rings. The molecule has 0 spiro atoms. The minimum Gasteiger partial charge on any atom is -0.394 e. The number of thiazole rings is 1. The molecule has 31 heavy (non-hydrogen) atoms. The molecule has 0 amide bonds. The van der Waals surface area contributed by atoms with Crippen LogP contribution in [-0.4, -0.2) is 53.6 Å². The van der Waals surface area contributed by atoms with Crippen LogP contribution >= 0.6 is 11.3 Å². The number of aliphatic hydroxyl groups is 2. The van der Waals surface area contributed by atoms with E-state index in [9.17, 15) is 5.11 Å². The first-order valence-electron chi connectivity index (χ1n) is 11.6. The molecule has 0 saturated carbocycles. The van der Waals surface area contributed by atoms with Crippen molar-refractivity contribution < 1.29 is 10.2 Å². The van der Waals surface area contributed by atoms with Gasteiger partial charge in [0, 0.05) is 36.6 Å². The third-order valence-electron chi connectivity index (χ3n) is 7.26. The molecule has 170 valence electrons. The van der Waals surface area contributed by atoms with E-state index in [0.717, 1.165) is 36.8 Å². The van der Waals surface area contributed by atoms with E-state index < -0.39 is 6.10 Å². The minimum atomic E-state index is -0.674. The lowest BCUT2D eigenvalue weighted by Crippen LogP contribution is -2.45. The van der Waals surface area contributed by atoms with Crippen LogP contribution in [0, 0.1) is 0 Å². The van der Waals surface area contributed by atoms with Gasteiger partial charge in [-0.05, 0) is 53.7 Å². The van der Waals surface area contributed by atoms with Crippen LogP contribution in [0.2, 0.25) is 0 Å². The first-order valence-corrected chi connectivity index (χ1v) is 12.5. The Balaban J connectivity index is 1.45. The highest BCUT2D eigenvalue weighted by atomic mass is 32.1. The van der Waals surface area contributed by atoms with Crippen LogP contribution in [0.15, 0.2) is 23.6 Å². The molecule has 6 heteroatoms. The van der Waals surface area contributed by atoms with Crippen LogP contribution in [0.25, 0.3) is 11.3 Å². The van der Waals surface area contributed by atoms with Gasteiger partial charge in [0.2, 0.25) is 0 Å². The molecule has 1 saturated heterocycles. The van der Waals surface area contributed by atoms with Crippen molar-refractivity contribution >= 4 is 16.5 Å². The second-order valence-corrected chi connectivity index (χ2v) is 11.4.